The molecule has 34 heavy (non-hydrogen) atoms. The van der Waals surface area contributed by atoms with Gasteiger partial charge in [0.2, 0.25) is 0 Å². The smallest absolute Gasteiger partial charge is 0.295 e. The zero-order valence-corrected chi connectivity index (χ0v) is 18.7. The minimum atomic E-state index is -1.02. The van der Waals surface area contributed by atoms with E-state index in [1.54, 1.807) is 36.4 Å². The topological polar surface area (TPSA) is 66.8 Å². The number of rotatable bonds is 5. The summed E-state index contributed by atoms with van der Waals surface area (Å²) >= 11 is 0. The minimum absolute atomic E-state index is 0.0226. The Morgan fingerprint density at radius 2 is 1.79 bits per heavy atom. The Kier molecular flexibility index (Phi) is 5.65. The van der Waals surface area contributed by atoms with Gasteiger partial charge in [0.1, 0.15) is 23.4 Å². The molecule has 2 heterocycles. The van der Waals surface area contributed by atoms with Crippen molar-refractivity contribution >= 4 is 17.4 Å². The normalized spacial score (nSPS) is 20.9. The predicted molar refractivity (Wildman–Crippen MR) is 126 cm³/mol. The highest BCUT2D eigenvalue weighted by molar-refractivity contribution is 6.46. The Balaban J connectivity index is 1.59. The lowest BCUT2D eigenvalue weighted by atomic mass is 9.94. The van der Waals surface area contributed by atoms with E-state index in [1.807, 2.05) is 37.3 Å². The maximum atomic E-state index is 14.9. The number of carbonyl (C=O) groups excluding carboxylic acids is 2. The number of fused-ring (bicyclic) bond motifs is 1. The second-order valence-electron chi connectivity index (χ2n) is 8.70. The number of aliphatic hydroxyl groups is 1. The number of hydrogen-bond acceptors (Lipinski definition) is 4. The average Bonchev–Trinajstić information content (AvgIpc) is 3.33. The molecule has 0 spiro atoms. The van der Waals surface area contributed by atoms with Gasteiger partial charge in [-0.25, -0.2) is 4.39 Å². The van der Waals surface area contributed by atoms with Crippen LogP contribution in [0.5, 0.6) is 5.75 Å². The number of ketones is 1. The van der Waals surface area contributed by atoms with Crippen molar-refractivity contribution < 1.29 is 23.8 Å². The summed E-state index contributed by atoms with van der Waals surface area (Å²) in [6.45, 7) is 2.16. The molecular weight excluding hydrogens is 433 g/mol. The van der Waals surface area contributed by atoms with Crippen LogP contribution < -0.4 is 4.74 Å². The van der Waals surface area contributed by atoms with Crippen LogP contribution in [0.4, 0.5) is 4.39 Å². The van der Waals surface area contributed by atoms with Crippen LogP contribution in [-0.2, 0) is 22.4 Å². The third-order valence-corrected chi connectivity index (χ3v) is 6.39. The molecule has 0 unspecified atom stereocenters. The molecule has 2 aliphatic heterocycles. The van der Waals surface area contributed by atoms with Crippen LogP contribution in [0.2, 0.25) is 0 Å². The first-order valence-corrected chi connectivity index (χ1v) is 11.3. The molecule has 3 aromatic carbocycles. The lowest BCUT2D eigenvalue weighted by molar-refractivity contribution is -0.139. The van der Waals surface area contributed by atoms with Crippen molar-refractivity contribution in [3.05, 3.63) is 106 Å². The molecule has 6 heteroatoms. The maximum absolute atomic E-state index is 14.9. The standard InChI is InChI=1S/C28H24FNO4/c1-17-15-20-16-19(11-12-23(20)34-17)26(31)24-25(21-9-5-6-10-22(21)29)30(28(33)27(24)32)14-13-18-7-3-2-4-8-18/h2-12,16-17,25,31H,13-15H2,1H3/t17-,25+/m0/s1. The summed E-state index contributed by atoms with van der Waals surface area (Å²) in [7, 11) is 0. The van der Waals surface area contributed by atoms with E-state index in [-0.39, 0.29) is 29.5 Å². The molecule has 5 rings (SSSR count). The van der Waals surface area contributed by atoms with Gasteiger partial charge in [0.25, 0.3) is 11.7 Å². The zero-order chi connectivity index (χ0) is 23.8. The maximum Gasteiger partial charge on any atom is 0.295 e. The third kappa shape index (κ3) is 3.85. The molecule has 0 aromatic heterocycles. The molecule has 2 atom stereocenters. The number of hydrogen-bond donors (Lipinski definition) is 1. The van der Waals surface area contributed by atoms with Crippen molar-refractivity contribution in [1.29, 1.82) is 0 Å². The Labute approximate surface area is 197 Å². The van der Waals surface area contributed by atoms with Crippen LogP contribution in [-0.4, -0.2) is 34.3 Å². The van der Waals surface area contributed by atoms with Crippen molar-refractivity contribution in [2.24, 2.45) is 0 Å². The van der Waals surface area contributed by atoms with Crippen LogP contribution in [0, 0.1) is 5.82 Å². The minimum Gasteiger partial charge on any atom is -0.507 e. The second-order valence-corrected chi connectivity index (χ2v) is 8.70. The SMILES string of the molecule is C[C@H]1Cc2cc(C(O)=C3C(=O)C(=O)N(CCc4ccccc4)[C@@H]3c3ccccc3F)ccc2O1. The van der Waals surface area contributed by atoms with Crippen molar-refractivity contribution in [3.63, 3.8) is 0 Å². The number of aliphatic hydroxyl groups excluding tert-OH is 1. The highest BCUT2D eigenvalue weighted by Crippen LogP contribution is 2.41. The number of likely N-dealkylation sites (tertiary alicyclic amines) is 1. The molecule has 0 saturated carbocycles. The fourth-order valence-electron chi connectivity index (χ4n) is 4.75. The quantitative estimate of drug-likeness (QED) is 0.339. The van der Waals surface area contributed by atoms with Crippen LogP contribution in [0.25, 0.3) is 5.76 Å². The van der Waals surface area contributed by atoms with Crippen LogP contribution in [0.15, 0.2) is 78.4 Å². The molecule has 1 saturated heterocycles. The van der Waals surface area contributed by atoms with Crippen molar-refractivity contribution in [1.82, 2.24) is 4.90 Å². The number of halogens is 1. The summed E-state index contributed by atoms with van der Waals surface area (Å²) in [6, 6.07) is 19.8. The van der Waals surface area contributed by atoms with Gasteiger partial charge in [0.15, 0.2) is 0 Å². The Bertz CT molecular complexity index is 1300. The Hall–Kier alpha value is -3.93. The number of nitrogens with zero attached hydrogens (tertiary/aromatic N) is 1. The lowest BCUT2D eigenvalue weighted by Gasteiger charge is -2.25. The molecule has 1 amide bonds. The molecule has 1 fully saturated rings. The van der Waals surface area contributed by atoms with E-state index in [4.69, 9.17) is 4.74 Å². The average molecular weight is 458 g/mol. The van der Waals surface area contributed by atoms with Gasteiger partial charge < -0.3 is 14.7 Å². The second kappa shape index (κ2) is 8.78. The first-order valence-electron chi connectivity index (χ1n) is 11.3. The van der Waals surface area contributed by atoms with E-state index in [9.17, 15) is 19.1 Å². The van der Waals surface area contributed by atoms with Crippen LogP contribution in [0.1, 0.15) is 35.2 Å². The van der Waals surface area contributed by atoms with Gasteiger partial charge in [-0.3, -0.25) is 9.59 Å². The molecule has 0 aliphatic carbocycles. The van der Waals surface area contributed by atoms with E-state index >= 15 is 0 Å². The summed E-state index contributed by atoms with van der Waals surface area (Å²) in [6.07, 6.45) is 1.19. The summed E-state index contributed by atoms with van der Waals surface area (Å²) in [5, 5.41) is 11.2. The number of amides is 1. The van der Waals surface area contributed by atoms with Crippen LogP contribution in [0.3, 0.4) is 0 Å². The Morgan fingerprint density at radius 3 is 2.56 bits per heavy atom. The monoisotopic (exact) mass is 457 g/mol. The summed E-state index contributed by atoms with van der Waals surface area (Å²) in [5.41, 5.74) is 2.38. The van der Waals surface area contributed by atoms with Crippen LogP contribution >= 0.6 is 0 Å². The van der Waals surface area contributed by atoms with E-state index < -0.39 is 23.5 Å². The summed E-state index contributed by atoms with van der Waals surface area (Å²) in [4.78, 5) is 27.6. The largest absolute Gasteiger partial charge is 0.507 e. The molecular formula is C28H24FNO4. The molecule has 0 radical (unpaired) electrons. The summed E-state index contributed by atoms with van der Waals surface area (Å²) < 4.78 is 20.7. The van der Waals surface area contributed by atoms with Crippen molar-refractivity contribution in [3.8, 4) is 5.75 Å². The highest BCUT2D eigenvalue weighted by Gasteiger charge is 2.46. The van der Waals surface area contributed by atoms with E-state index in [1.165, 1.54) is 11.0 Å². The number of carbonyl (C=O) groups is 2. The highest BCUT2D eigenvalue weighted by atomic mass is 19.1. The van der Waals surface area contributed by atoms with Crippen molar-refractivity contribution in [2.75, 3.05) is 6.54 Å². The number of benzene rings is 3. The van der Waals surface area contributed by atoms with Gasteiger partial charge in [-0.05, 0) is 48.7 Å². The van der Waals surface area contributed by atoms with Gasteiger partial charge in [0, 0.05) is 24.1 Å². The first-order chi connectivity index (χ1) is 16.4. The number of ether oxygens (including phenoxy) is 1. The van der Waals surface area contributed by atoms with Gasteiger partial charge in [-0.2, -0.15) is 0 Å². The third-order valence-electron chi connectivity index (χ3n) is 6.39. The predicted octanol–water partition coefficient (Wildman–Crippen LogP) is 4.81. The van der Waals surface area contributed by atoms with Gasteiger partial charge in [0.05, 0.1) is 11.6 Å². The molecule has 5 nitrogen and oxygen atoms in total. The molecule has 1 N–H and O–H groups in total. The number of Topliss-reactive ketones (excluding diaryl/α,β-unsaturated/α-hetero) is 1. The van der Waals surface area contributed by atoms with Gasteiger partial charge in [-0.1, -0.05) is 48.5 Å². The molecule has 3 aromatic rings. The molecule has 2 aliphatic rings. The lowest BCUT2D eigenvalue weighted by Crippen LogP contribution is -2.32. The van der Waals surface area contributed by atoms with Crippen molar-refractivity contribution in [2.45, 2.75) is 31.9 Å². The van der Waals surface area contributed by atoms with E-state index in [2.05, 4.69) is 0 Å². The summed E-state index contributed by atoms with van der Waals surface area (Å²) in [5.74, 6) is -1.68. The molecule has 0 bridgehead atoms. The van der Waals surface area contributed by atoms with Gasteiger partial charge in [-0.15, -0.1) is 0 Å². The fraction of sp³-hybridized carbons (Fsp3) is 0.214. The van der Waals surface area contributed by atoms with E-state index in [0.29, 0.717) is 18.4 Å². The van der Waals surface area contributed by atoms with E-state index in [0.717, 1.165) is 16.9 Å². The Morgan fingerprint density at radius 1 is 1.06 bits per heavy atom. The zero-order valence-electron chi connectivity index (χ0n) is 18.7. The van der Waals surface area contributed by atoms with Gasteiger partial charge >= 0.3 is 0 Å². The first kappa shape index (κ1) is 21.9. The fourth-order valence-corrected chi connectivity index (χ4v) is 4.75. The molecule has 172 valence electrons.